The molecule has 6 rings (SSSR count). The Morgan fingerprint density at radius 1 is 0.500 bits per heavy atom. The van der Waals surface area contributed by atoms with Crippen molar-refractivity contribution in [2.75, 3.05) is 59.4 Å². The number of nitrogens with zero attached hydrogens (tertiary/aromatic N) is 9. The number of carboxylic acids is 1. The van der Waals surface area contributed by atoms with Gasteiger partial charge in [-0.05, 0) is 116 Å². The number of carbonyl (C=O) groups is 3. The van der Waals surface area contributed by atoms with Crippen LogP contribution in [0.2, 0.25) is 0 Å². The first kappa shape index (κ1) is 89.0. The number of esters is 1. The van der Waals surface area contributed by atoms with Crippen molar-refractivity contribution in [3.05, 3.63) is 142 Å². The van der Waals surface area contributed by atoms with Crippen LogP contribution in [0.15, 0.2) is 91.0 Å². The Balaban J connectivity index is 0.000000397. The van der Waals surface area contributed by atoms with E-state index < -0.39 is 102 Å². The number of hydrogen-bond donors (Lipinski definition) is 5. The quantitative estimate of drug-likeness (QED) is 0.0116. The first-order valence-corrected chi connectivity index (χ1v) is 37.8. The van der Waals surface area contributed by atoms with Gasteiger partial charge in [0.05, 0.1) is 96.5 Å². The molecule has 0 saturated heterocycles. The minimum atomic E-state index is -3.66. The van der Waals surface area contributed by atoms with Crippen molar-refractivity contribution in [3.63, 3.8) is 0 Å². The molecule has 3 aromatic carbocycles. The van der Waals surface area contributed by atoms with E-state index in [-0.39, 0.29) is 106 Å². The smallest absolute Gasteiger partial charge is 0.550 e. The van der Waals surface area contributed by atoms with Gasteiger partial charge in [0.2, 0.25) is 47.9 Å². The summed E-state index contributed by atoms with van der Waals surface area (Å²) < 4.78 is 121. The molecule has 0 unspecified atom stereocenters. The zero-order valence-electron chi connectivity index (χ0n) is 59.7. The number of anilines is 3. The van der Waals surface area contributed by atoms with Gasteiger partial charge in [-0.15, -0.1) is 0 Å². The first-order valence-electron chi connectivity index (χ1n) is 32.2. The number of halogens is 3. The molecule has 3 heterocycles. The Morgan fingerprint density at radius 3 is 1.12 bits per heavy atom. The molecular formula is C70H91CaF3N9O16S3+. The van der Waals surface area contributed by atoms with Gasteiger partial charge >= 0.3 is 43.7 Å². The average Bonchev–Trinajstić information content (AvgIpc) is 0.794. The fraction of sp³-hybridized carbons (Fsp3) is 0.443. The van der Waals surface area contributed by atoms with Crippen LogP contribution in [-0.2, 0) is 49.2 Å². The van der Waals surface area contributed by atoms with E-state index in [1.165, 1.54) is 106 Å². The van der Waals surface area contributed by atoms with Crippen molar-refractivity contribution >= 4 is 122 Å². The standard InChI is InChI=1S/C26H34FN3O6S.C22H28FN3O6S.C22H30FN3O4S.Ca/c1-6-7-14-36-23(33)16-21(32)15-20(31)12-13-22-24(17(2)3)28-26(30(4)37(5,34)35)29-25(22)18-8-10-19(27)11-9-18;1-13(2)20-18(10-9-16(27)11-17(28)12-19(29)30)21(14-5-7-15(23)8-6-14)25-22(24-20)26(3)33(4,31)32;1-6-17(27)13-18(28)11-12-19-20(14(2)3)24-22(26(4)31(5,29)30)25-21(19)15-7-9-16(23)10-8-15;/h8-13,17,21,32H,6-7,14-16H2,1-5H3;5-10,13,16-17,27-28H,11-12H2,1-4H3,(H,29,30);7-12,14,17-18,27-28H,6,13H2,1-5H3;/q;;;+2/p-1/b13-12+;10-9+;12-11+;/t21-;16-,17-;17-,18+;/m110./s1. The molecule has 5 N–H and O–H groups in total. The van der Waals surface area contributed by atoms with Crippen molar-refractivity contribution in [1.29, 1.82) is 0 Å². The van der Waals surface area contributed by atoms with Gasteiger partial charge in [0.25, 0.3) is 0 Å². The van der Waals surface area contributed by atoms with Crippen LogP contribution < -0.4 is 18.0 Å². The third kappa shape index (κ3) is 28.1. The Bertz CT molecular complexity index is 4230. The van der Waals surface area contributed by atoms with Gasteiger partial charge in [-0.1, -0.05) is 86.1 Å². The van der Waals surface area contributed by atoms with E-state index in [1.807, 2.05) is 55.4 Å². The molecule has 32 heteroatoms. The predicted molar refractivity (Wildman–Crippen MR) is 386 cm³/mol. The minimum absolute atomic E-state index is 0. The molecule has 6 aromatic rings. The number of ketones is 1. The number of allylic oxidation sites excluding steroid dienone is 1. The van der Waals surface area contributed by atoms with Crippen molar-refractivity contribution in [2.45, 2.75) is 155 Å². The molecule has 0 fully saturated rings. The van der Waals surface area contributed by atoms with Crippen molar-refractivity contribution < 1.29 is 88.2 Å². The number of aromatic nitrogens is 6. The number of rotatable bonds is 32. The molecule has 0 radical (unpaired) electrons. The van der Waals surface area contributed by atoms with Gasteiger partial charge in [-0.3, -0.25) is 9.59 Å². The largest absolute Gasteiger partial charge is 2.00 e. The Hall–Kier alpha value is -7.17. The van der Waals surface area contributed by atoms with Crippen LogP contribution in [0.25, 0.3) is 52.0 Å². The third-order valence-electron chi connectivity index (χ3n) is 15.1. The fourth-order valence-electron chi connectivity index (χ4n) is 9.29. The summed E-state index contributed by atoms with van der Waals surface area (Å²) in [6.45, 7) is 15.3. The van der Waals surface area contributed by atoms with Crippen LogP contribution in [0.5, 0.6) is 0 Å². The van der Waals surface area contributed by atoms with Gasteiger partial charge in [0, 0.05) is 86.2 Å². The molecule has 0 amide bonds. The summed E-state index contributed by atoms with van der Waals surface area (Å²) in [5.74, 6) is -4.35. The Kier molecular flexibility index (Phi) is 35.6. The number of benzene rings is 3. The van der Waals surface area contributed by atoms with Crippen LogP contribution in [0.3, 0.4) is 0 Å². The predicted octanol–water partition coefficient (Wildman–Crippen LogP) is 7.89. The zero-order valence-corrected chi connectivity index (χ0v) is 64.4. The summed E-state index contributed by atoms with van der Waals surface area (Å²) >= 11 is 0. The van der Waals surface area contributed by atoms with Crippen molar-refractivity contribution in [2.24, 2.45) is 0 Å². The molecule has 0 aliphatic carbocycles. The molecule has 3 aromatic heterocycles. The average molecular weight is 1510 g/mol. The normalized spacial score (nSPS) is 13.4. The second-order valence-electron chi connectivity index (χ2n) is 24.7. The number of hydrogen-bond acceptors (Lipinski definition) is 22. The SMILES string of the molecule is CC(C)c1nc(N(C)S(C)(=O)=O)nc(-c2ccc(F)cc2)c1/C=C/[C@@H](O)C[C@@H](O)CC(=O)[O-].CCCCOC(=O)C[C@H](O)CC(=O)/C=C/c1c(-c2ccc(F)cc2)nc(N(C)S(C)(=O)=O)nc1C(C)C.CC[C@H](O)C[C@H](O)/C=C/c1c(-c2ccc(F)cc2)nc(N(C)S(C)(=O)=O)nc1C(C)C.[Ca+2]. The topological polar surface area (TPSA) is 374 Å². The Morgan fingerprint density at radius 2 is 0.824 bits per heavy atom. The number of aliphatic hydroxyl groups is 5. The number of carbonyl (C=O) groups excluding carboxylic acids is 3. The summed E-state index contributed by atoms with van der Waals surface area (Å²) in [5.41, 5.74) is 5.68. The van der Waals surface area contributed by atoms with E-state index in [4.69, 9.17) is 4.74 Å². The van der Waals surface area contributed by atoms with Crippen LogP contribution >= 0.6 is 0 Å². The van der Waals surface area contributed by atoms with Crippen molar-refractivity contribution in [3.8, 4) is 33.8 Å². The van der Waals surface area contributed by atoms with E-state index in [0.29, 0.717) is 74.0 Å². The fourth-order valence-corrected chi connectivity index (χ4v) is 10.4. The maximum Gasteiger partial charge on any atom is 2.00 e. The van der Waals surface area contributed by atoms with Gasteiger partial charge in [0.15, 0.2) is 5.78 Å². The van der Waals surface area contributed by atoms with E-state index >= 15 is 0 Å². The van der Waals surface area contributed by atoms with E-state index in [1.54, 1.807) is 24.3 Å². The van der Waals surface area contributed by atoms with Gasteiger partial charge in [0.1, 0.15) is 17.5 Å². The van der Waals surface area contributed by atoms with E-state index in [9.17, 15) is 83.4 Å². The second-order valence-corrected chi connectivity index (χ2v) is 30.8. The molecule has 0 aliphatic heterocycles. The molecule has 0 aliphatic rings. The maximum atomic E-state index is 13.6. The van der Waals surface area contributed by atoms with Crippen molar-refractivity contribution in [1.82, 2.24) is 29.9 Å². The number of aliphatic carboxylic acids is 1. The number of sulfonamides is 3. The van der Waals surface area contributed by atoms with Gasteiger partial charge < -0.3 is 40.2 Å². The summed E-state index contributed by atoms with van der Waals surface area (Å²) in [5, 5.41) is 60.8. The van der Waals surface area contributed by atoms with Crippen LogP contribution in [0, 0.1) is 17.5 Å². The minimum Gasteiger partial charge on any atom is -0.550 e. The molecule has 0 bridgehead atoms. The molecule has 25 nitrogen and oxygen atoms in total. The summed E-state index contributed by atoms with van der Waals surface area (Å²) in [6.07, 6.45) is 7.65. The van der Waals surface area contributed by atoms with Crippen LogP contribution in [0.4, 0.5) is 31.0 Å². The molecule has 552 valence electrons. The molecule has 5 atom stereocenters. The molecule has 0 saturated carbocycles. The molecule has 0 spiro atoms. The van der Waals surface area contributed by atoms with Crippen LogP contribution in [0.1, 0.15) is 158 Å². The maximum absolute atomic E-state index is 13.6. The first-order chi connectivity index (χ1) is 47.1. The Labute approximate surface area is 625 Å². The molecular weight excluding hydrogens is 1420 g/mol. The monoisotopic (exact) mass is 1510 g/mol. The van der Waals surface area contributed by atoms with E-state index in [2.05, 4.69) is 29.9 Å². The second kappa shape index (κ2) is 40.8. The zero-order chi connectivity index (χ0) is 76.0. The number of ether oxygens (including phenoxy) is 1. The summed E-state index contributed by atoms with van der Waals surface area (Å²) in [6, 6.07) is 16.7. The van der Waals surface area contributed by atoms with Crippen LogP contribution in [-0.4, -0.2) is 213 Å². The number of unbranched alkanes of at least 4 members (excludes halogenated alkanes) is 1. The summed E-state index contributed by atoms with van der Waals surface area (Å²) in [7, 11) is -6.90. The van der Waals surface area contributed by atoms with Gasteiger partial charge in [-0.2, -0.15) is 0 Å². The third-order valence-corrected chi connectivity index (χ3v) is 18.6. The number of carboxylic acid groups (broad SMARTS) is 1. The number of aliphatic hydroxyl groups excluding tert-OH is 5. The molecule has 102 heavy (non-hydrogen) atoms. The van der Waals surface area contributed by atoms with E-state index in [0.717, 1.165) is 44.5 Å². The van der Waals surface area contributed by atoms with Gasteiger partial charge in [-0.25, -0.2) is 81.2 Å². The summed E-state index contributed by atoms with van der Waals surface area (Å²) in [4.78, 5) is 61.6.